The van der Waals surface area contributed by atoms with Crippen molar-refractivity contribution in [1.29, 1.82) is 0 Å². The summed E-state index contributed by atoms with van der Waals surface area (Å²) in [6.07, 6.45) is -1.12. The van der Waals surface area contributed by atoms with Crippen molar-refractivity contribution in [2.24, 2.45) is 0 Å². The number of hydrogen-bond donors (Lipinski definition) is 4. The van der Waals surface area contributed by atoms with Crippen LogP contribution in [0.15, 0.2) is 121 Å². The van der Waals surface area contributed by atoms with Gasteiger partial charge in [0.1, 0.15) is 23.0 Å². The molecule has 4 amide bonds. The number of carbonyl (C=O) groups is 4. The number of methoxy groups -OCH3 is 1. The van der Waals surface area contributed by atoms with Crippen LogP contribution in [-0.4, -0.2) is 60.6 Å². The van der Waals surface area contributed by atoms with E-state index in [2.05, 4.69) is 21.3 Å². The lowest BCUT2D eigenvalue weighted by Gasteiger charge is -2.27. The summed E-state index contributed by atoms with van der Waals surface area (Å²) < 4.78 is 28.5. The molecule has 0 spiro atoms. The van der Waals surface area contributed by atoms with Gasteiger partial charge < -0.3 is 45.0 Å². The monoisotopic (exact) mass is 791 g/mol. The highest BCUT2D eigenvalue weighted by molar-refractivity contribution is 5.99. The van der Waals surface area contributed by atoms with Crippen molar-refractivity contribution in [3.63, 3.8) is 0 Å². The Balaban J connectivity index is 1.16. The highest BCUT2D eigenvalue weighted by Crippen LogP contribution is 2.32. The fourth-order valence-electron chi connectivity index (χ4n) is 5.24. The summed E-state index contributed by atoms with van der Waals surface area (Å²) in [6.45, 7) is 3.72. The number of amides is 4. The second-order valence-corrected chi connectivity index (χ2v) is 12.9. The van der Waals surface area contributed by atoms with Crippen LogP contribution in [0.4, 0.5) is 28.4 Å². The zero-order chi connectivity index (χ0) is 41.7. The minimum absolute atomic E-state index is 0.0656. The van der Waals surface area contributed by atoms with Crippen LogP contribution < -0.4 is 45.0 Å². The number of ether oxygens (including phenoxy) is 5. The highest BCUT2D eigenvalue weighted by atomic mass is 16.6. The number of benzene rings is 5. The third kappa shape index (κ3) is 11.2. The van der Waals surface area contributed by atoms with Gasteiger partial charge in [0, 0.05) is 6.07 Å². The van der Waals surface area contributed by atoms with Gasteiger partial charge in [-0.25, -0.2) is 0 Å². The molecular weight excluding hydrogens is 750 g/mol. The lowest BCUT2D eigenvalue weighted by atomic mass is 10.1. The molecule has 4 N–H and O–H groups in total. The summed E-state index contributed by atoms with van der Waals surface area (Å²) in [5.74, 6) is -1.14. The van der Waals surface area contributed by atoms with Crippen LogP contribution in [0.3, 0.4) is 0 Å². The van der Waals surface area contributed by atoms with Gasteiger partial charge in [-0.05, 0) is 75.4 Å². The molecule has 0 bridgehead atoms. The molecule has 16 heteroatoms. The van der Waals surface area contributed by atoms with Gasteiger partial charge in [-0.3, -0.25) is 29.3 Å². The minimum Gasteiger partial charge on any atom is -0.495 e. The Morgan fingerprint density at radius 3 is 1.53 bits per heavy atom. The molecule has 0 aliphatic heterocycles. The number of nitro groups is 1. The summed E-state index contributed by atoms with van der Waals surface area (Å²) in [7, 11) is 1.50. The normalized spacial score (nSPS) is 11.2. The van der Waals surface area contributed by atoms with Crippen molar-refractivity contribution in [3.05, 3.63) is 131 Å². The Morgan fingerprint density at radius 1 is 0.603 bits per heavy atom. The van der Waals surface area contributed by atoms with E-state index >= 15 is 0 Å². The molecule has 0 saturated carbocycles. The smallest absolute Gasteiger partial charge is 0.310 e. The summed E-state index contributed by atoms with van der Waals surface area (Å²) in [4.78, 5) is 63.0. The lowest BCUT2D eigenvalue weighted by Crippen LogP contribution is -2.42. The maximum atomic E-state index is 13.6. The van der Waals surface area contributed by atoms with E-state index in [0.717, 1.165) is 0 Å². The van der Waals surface area contributed by atoms with Crippen molar-refractivity contribution in [3.8, 4) is 28.7 Å². The summed E-state index contributed by atoms with van der Waals surface area (Å²) in [5.41, 5.74) is -0.495. The second kappa shape index (κ2) is 19.3. The Kier molecular flexibility index (Phi) is 13.8. The number of rotatable bonds is 18. The van der Waals surface area contributed by atoms with Crippen molar-refractivity contribution in [2.45, 2.75) is 32.5 Å². The molecule has 0 unspecified atom stereocenters. The first-order chi connectivity index (χ1) is 27.8. The SMILES string of the molecule is COc1ccccc1NC(=O)COc1ccccc1NC(=O)C(C)(C)Oc1ccccc1NC(=O)COc1ccccc1NC(=O)[C@H](C)Oc1ccccc1[N+](=O)[O-]. The van der Waals surface area contributed by atoms with E-state index in [0.29, 0.717) is 17.1 Å². The fourth-order valence-corrected chi connectivity index (χ4v) is 5.24. The first-order valence-electron chi connectivity index (χ1n) is 17.8. The van der Waals surface area contributed by atoms with Crippen molar-refractivity contribution < 1.29 is 47.8 Å². The summed E-state index contributed by atoms with van der Waals surface area (Å²) in [5, 5.41) is 22.3. The van der Waals surface area contributed by atoms with E-state index < -0.39 is 46.9 Å². The zero-order valence-corrected chi connectivity index (χ0v) is 32.0. The number of anilines is 4. The molecule has 5 aromatic carbocycles. The first kappa shape index (κ1) is 41.5. The van der Waals surface area contributed by atoms with Crippen molar-refractivity contribution in [1.82, 2.24) is 0 Å². The third-order valence-corrected chi connectivity index (χ3v) is 8.19. The van der Waals surface area contributed by atoms with E-state index in [9.17, 15) is 29.3 Å². The predicted molar refractivity (Wildman–Crippen MR) is 216 cm³/mol. The maximum Gasteiger partial charge on any atom is 0.310 e. The molecule has 58 heavy (non-hydrogen) atoms. The molecule has 0 aliphatic rings. The molecule has 0 aromatic heterocycles. The standard InChI is InChI=1S/C42H41N5O11/c1-27(57-37-24-14-9-19-32(37)47(52)53)40(50)45-29-16-6-11-21-34(29)55-26-39(49)44-31-18-8-13-23-36(31)58-42(2,3)41(51)46-30-17-7-12-22-35(30)56-25-38(48)43-28-15-5-10-20-33(28)54-4/h5-24,27H,25-26H2,1-4H3,(H,43,48)(H,44,49)(H,45,50)(H,46,51)/t27-/m0/s1. The minimum atomic E-state index is -1.48. The second-order valence-electron chi connectivity index (χ2n) is 12.9. The number of nitrogens with one attached hydrogen (secondary N) is 4. The van der Waals surface area contributed by atoms with Crippen LogP contribution in [0.5, 0.6) is 28.7 Å². The Bertz CT molecular complexity index is 2280. The van der Waals surface area contributed by atoms with Gasteiger partial charge in [0.05, 0.1) is 34.8 Å². The van der Waals surface area contributed by atoms with Crippen LogP contribution in [0.2, 0.25) is 0 Å². The maximum absolute atomic E-state index is 13.6. The van der Waals surface area contributed by atoms with E-state index in [1.54, 1.807) is 117 Å². The molecule has 1 atom stereocenters. The molecule has 300 valence electrons. The Labute approximate surface area is 333 Å². The topological polar surface area (TPSA) is 206 Å². The summed E-state index contributed by atoms with van der Waals surface area (Å²) in [6, 6.07) is 32.2. The number of carbonyl (C=O) groups excluding carboxylic acids is 4. The van der Waals surface area contributed by atoms with Gasteiger partial charge in [0.25, 0.3) is 23.6 Å². The molecule has 0 radical (unpaired) electrons. The van der Waals surface area contributed by atoms with Gasteiger partial charge in [-0.2, -0.15) is 0 Å². The number of para-hydroxylation sites is 10. The van der Waals surface area contributed by atoms with Gasteiger partial charge in [-0.1, -0.05) is 60.7 Å². The number of nitrogens with zero attached hydrogens (tertiary/aromatic N) is 1. The number of nitro benzene ring substituents is 1. The van der Waals surface area contributed by atoms with Gasteiger partial charge in [-0.15, -0.1) is 0 Å². The lowest BCUT2D eigenvalue weighted by molar-refractivity contribution is -0.386. The molecule has 0 fully saturated rings. The number of hydrogen-bond acceptors (Lipinski definition) is 11. The predicted octanol–water partition coefficient (Wildman–Crippen LogP) is 6.84. The molecule has 5 aromatic rings. The zero-order valence-electron chi connectivity index (χ0n) is 32.0. The van der Waals surface area contributed by atoms with Gasteiger partial charge >= 0.3 is 5.69 Å². The highest BCUT2D eigenvalue weighted by Gasteiger charge is 2.32. The Hall–Kier alpha value is -7.62. The van der Waals surface area contributed by atoms with Crippen molar-refractivity contribution >= 4 is 52.1 Å². The van der Waals surface area contributed by atoms with Crippen LogP contribution >= 0.6 is 0 Å². The first-order valence-corrected chi connectivity index (χ1v) is 17.8. The van der Waals surface area contributed by atoms with Crippen LogP contribution in [0.1, 0.15) is 20.8 Å². The largest absolute Gasteiger partial charge is 0.495 e. The third-order valence-electron chi connectivity index (χ3n) is 8.19. The average molecular weight is 792 g/mol. The van der Waals surface area contributed by atoms with E-state index in [4.69, 9.17) is 23.7 Å². The summed E-state index contributed by atoms with van der Waals surface area (Å²) >= 11 is 0. The van der Waals surface area contributed by atoms with E-state index in [1.807, 2.05) is 0 Å². The molecular formula is C42H41N5O11. The van der Waals surface area contributed by atoms with Gasteiger partial charge in [0.15, 0.2) is 30.7 Å². The molecule has 16 nitrogen and oxygen atoms in total. The molecule has 0 aliphatic carbocycles. The van der Waals surface area contributed by atoms with Crippen molar-refractivity contribution in [2.75, 3.05) is 41.6 Å². The average Bonchev–Trinajstić information content (AvgIpc) is 3.21. The van der Waals surface area contributed by atoms with E-state index in [1.165, 1.54) is 32.2 Å². The van der Waals surface area contributed by atoms with Gasteiger partial charge in [0.2, 0.25) is 0 Å². The van der Waals surface area contributed by atoms with Crippen LogP contribution in [0.25, 0.3) is 0 Å². The Morgan fingerprint density at radius 2 is 1.02 bits per heavy atom. The fraction of sp³-hybridized carbons (Fsp3) is 0.190. The molecule has 0 saturated heterocycles. The molecule has 5 rings (SSSR count). The van der Waals surface area contributed by atoms with Crippen LogP contribution in [0, 0.1) is 10.1 Å². The molecule has 0 heterocycles. The quantitative estimate of drug-likeness (QED) is 0.0534. The van der Waals surface area contributed by atoms with Crippen LogP contribution in [-0.2, 0) is 19.2 Å². The van der Waals surface area contributed by atoms with E-state index in [-0.39, 0.29) is 46.7 Å².